The van der Waals surface area contributed by atoms with Crippen molar-refractivity contribution >= 4 is 17.6 Å². The zero-order valence-electron chi connectivity index (χ0n) is 14.6. The minimum Gasteiger partial charge on any atom is -0.496 e. The number of carboxylic acids is 1. The zero-order valence-corrected chi connectivity index (χ0v) is 14.6. The standard InChI is InChI=1S/C20H21NO4/c1-12-8-13(2)10-14(9-12)20(6-7-20)19(24)21-15-4-5-16(18(22)23)17(11-15)25-3/h4-5,8-11H,6-7H2,1-3H3,(H,21,24)(H,22,23). The molecule has 2 aromatic carbocycles. The lowest BCUT2D eigenvalue weighted by molar-refractivity contribution is -0.118. The number of rotatable bonds is 5. The van der Waals surface area contributed by atoms with Crippen LogP contribution in [0.4, 0.5) is 5.69 Å². The molecular formula is C20H21NO4. The number of carbonyl (C=O) groups excluding carboxylic acids is 1. The maximum absolute atomic E-state index is 12.9. The van der Waals surface area contributed by atoms with Crippen molar-refractivity contribution in [3.8, 4) is 5.75 Å². The van der Waals surface area contributed by atoms with Crippen molar-refractivity contribution < 1.29 is 19.4 Å². The molecule has 0 aromatic heterocycles. The average molecular weight is 339 g/mol. The van der Waals surface area contributed by atoms with E-state index in [4.69, 9.17) is 9.84 Å². The highest BCUT2D eigenvalue weighted by Crippen LogP contribution is 2.49. The zero-order chi connectivity index (χ0) is 18.2. The molecule has 0 atom stereocenters. The van der Waals surface area contributed by atoms with Gasteiger partial charge in [0.05, 0.1) is 12.5 Å². The molecule has 0 heterocycles. The van der Waals surface area contributed by atoms with E-state index in [-0.39, 0.29) is 17.2 Å². The van der Waals surface area contributed by atoms with Crippen LogP contribution >= 0.6 is 0 Å². The first-order chi connectivity index (χ1) is 11.9. The van der Waals surface area contributed by atoms with E-state index in [1.165, 1.54) is 13.2 Å². The molecule has 0 bridgehead atoms. The van der Waals surface area contributed by atoms with Gasteiger partial charge in [0.15, 0.2) is 0 Å². The second-order valence-electron chi connectivity index (χ2n) is 6.63. The summed E-state index contributed by atoms with van der Waals surface area (Å²) in [6.45, 7) is 4.06. The van der Waals surface area contributed by atoms with Crippen molar-refractivity contribution in [2.24, 2.45) is 0 Å². The molecule has 3 rings (SSSR count). The van der Waals surface area contributed by atoms with Gasteiger partial charge >= 0.3 is 5.97 Å². The van der Waals surface area contributed by atoms with E-state index in [1.807, 2.05) is 13.8 Å². The summed E-state index contributed by atoms with van der Waals surface area (Å²) in [5.74, 6) is -0.909. The monoisotopic (exact) mass is 339 g/mol. The third kappa shape index (κ3) is 3.22. The molecule has 0 saturated heterocycles. The number of nitrogens with one attached hydrogen (secondary N) is 1. The molecular weight excluding hydrogens is 318 g/mol. The molecule has 1 aliphatic carbocycles. The van der Waals surface area contributed by atoms with Crippen LogP contribution in [0, 0.1) is 13.8 Å². The number of hydrogen-bond donors (Lipinski definition) is 2. The Kier molecular flexibility index (Phi) is 4.25. The Balaban J connectivity index is 1.86. The number of benzene rings is 2. The van der Waals surface area contributed by atoms with E-state index in [9.17, 15) is 9.59 Å². The second kappa shape index (κ2) is 6.24. The molecule has 2 aromatic rings. The molecule has 1 fully saturated rings. The summed E-state index contributed by atoms with van der Waals surface area (Å²) in [6.07, 6.45) is 1.62. The number of aryl methyl sites for hydroxylation is 2. The highest BCUT2D eigenvalue weighted by atomic mass is 16.5. The van der Waals surface area contributed by atoms with Gasteiger partial charge in [-0.15, -0.1) is 0 Å². The van der Waals surface area contributed by atoms with Gasteiger partial charge in [0.1, 0.15) is 11.3 Å². The third-order valence-electron chi connectivity index (χ3n) is 4.65. The predicted molar refractivity (Wildman–Crippen MR) is 95.4 cm³/mol. The normalized spacial score (nSPS) is 14.7. The molecule has 1 saturated carbocycles. The summed E-state index contributed by atoms with van der Waals surface area (Å²) >= 11 is 0. The van der Waals surface area contributed by atoms with Crippen LogP contribution in [0.15, 0.2) is 36.4 Å². The number of hydrogen-bond acceptors (Lipinski definition) is 3. The van der Waals surface area contributed by atoms with Crippen LogP contribution in [-0.2, 0) is 10.2 Å². The minimum absolute atomic E-state index is 0.0657. The van der Waals surface area contributed by atoms with Crippen LogP contribution in [0.3, 0.4) is 0 Å². The maximum atomic E-state index is 12.9. The third-order valence-corrected chi connectivity index (χ3v) is 4.65. The Bertz CT molecular complexity index is 833. The summed E-state index contributed by atoms with van der Waals surface area (Å²) in [6, 6.07) is 10.8. The molecule has 5 nitrogen and oxygen atoms in total. The van der Waals surface area contributed by atoms with Crippen molar-refractivity contribution in [3.05, 3.63) is 58.7 Å². The molecule has 0 aliphatic heterocycles. The van der Waals surface area contributed by atoms with Crippen LogP contribution in [0.25, 0.3) is 0 Å². The molecule has 2 N–H and O–H groups in total. The lowest BCUT2D eigenvalue weighted by Gasteiger charge is -2.18. The van der Waals surface area contributed by atoms with Crippen molar-refractivity contribution in [1.82, 2.24) is 0 Å². The van der Waals surface area contributed by atoms with Crippen molar-refractivity contribution in [3.63, 3.8) is 0 Å². The summed E-state index contributed by atoms with van der Waals surface area (Å²) in [5, 5.41) is 12.1. The average Bonchev–Trinajstić information content (AvgIpc) is 3.35. The first-order valence-electron chi connectivity index (χ1n) is 8.17. The quantitative estimate of drug-likeness (QED) is 0.871. The first kappa shape index (κ1) is 17.0. The van der Waals surface area contributed by atoms with Gasteiger partial charge in [-0.1, -0.05) is 29.3 Å². The van der Waals surface area contributed by atoms with Crippen LogP contribution in [-0.4, -0.2) is 24.1 Å². The molecule has 0 spiro atoms. The van der Waals surface area contributed by atoms with Crippen LogP contribution < -0.4 is 10.1 Å². The number of carboxylic acid groups (broad SMARTS) is 1. The van der Waals surface area contributed by atoms with Gasteiger partial charge in [-0.25, -0.2) is 4.79 Å². The van der Waals surface area contributed by atoms with Gasteiger partial charge in [0, 0.05) is 11.8 Å². The van der Waals surface area contributed by atoms with Crippen LogP contribution in [0.5, 0.6) is 5.75 Å². The first-order valence-corrected chi connectivity index (χ1v) is 8.17. The Morgan fingerprint density at radius 1 is 1.08 bits per heavy atom. The fraction of sp³-hybridized carbons (Fsp3) is 0.300. The topological polar surface area (TPSA) is 75.6 Å². The van der Waals surface area contributed by atoms with Gasteiger partial charge in [-0.3, -0.25) is 4.79 Å². The summed E-state index contributed by atoms with van der Waals surface area (Å²) in [5.41, 5.74) is 3.42. The van der Waals surface area contributed by atoms with E-state index in [1.54, 1.807) is 12.1 Å². The van der Waals surface area contributed by atoms with Gasteiger partial charge < -0.3 is 15.2 Å². The lowest BCUT2D eigenvalue weighted by atomic mass is 9.92. The number of carbonyl (C=O) groups is 2. The van der Waals surface area contributed by atoms with Crippen molar-refractivity contribution in [2.75, 3.05) is 12.4 Å². The Labute approximate surface area is 146 Å². The molecule has 1 amide bonds. The van der Waals surface area contributed by atoms with Gasteiger partial charge in [-0.05, 0) is 44.4 Å². The molecule has 130 valence electrons. The second-order valence-corrected chi connectivity index (χ2v) is 6.63. The van der Waals surface area contributed by atoms with Gasteiger partial charge in [-0.2, -0.15) is 0 Å². The highest BCUT2D eigenvalue weighted by molar-refractivity contribution is 6.02. The fourth-order valence-electron chi connectivity index (χ4n) is 3.22. The maximum Gasteiger partial charge on any atom is 0.339 e. The smallest absolute Gasteiger partial charge is 0.339 e. The summed E-state index contributed by atoms with van der Waals surface area (Å²) in [4.78, 5) is 24.0. The molecule has 25 heavy (non-hydrogen) atoms. The largest absolute Gasteiger partial charge is 0.496 e. The van der Waals surface area contributed by atoms with E-state index in [0.717, 1.165) is 29.5 Å². The minimum atomic E-state index is -1.07. The number of anilines is 1. The molecule has 0 radical (unpaired) electrons. The number of amides is 1. The highest BCUT2D eigenvalue weighted by Gasteiger charge is 2.51. The SMILES string of the molecule is COc1cc(NC(=O)C2(c3cc(C)cc(C)c3)CC2)ccc1C(=O)O. The van der Waals surface area contributed by atoms with Crippen LogP contribution in [0.1, 0.15) is 39.9 Å². The molecule has 5 heteroatoms. The van der Waals surface area contributed by atoms with Crippen molar-refractivity contribution in [1.29, 1.82) is 0 Å². The van der Waals surface area contributed by atoms with Gasteiger partial charge in [0.2, 0.25) is 5.91 Å². The van der Waals surface area contributed by atoms with Gasteiger partial charge in [0.25, 0.3) is 0 Å². The van der Waals surface area contributed by atoms with E-state index in [2.05, 4.69) is 23.5 Å². The van der Waals surface area contributed by atoms with E-state index >= 15 is 0 Å². The lowest BCUT2D eigenvalue weighted by Crippen LogP contribution is -2.28. The summed E-state index contributed by atoms with van der Waals surface area (Å²) < 4.78 is 5.11. The Morgan fingerprint density at radius 2 is 1.72 bits per heavy atom. The Hall–Kier alpha value is -2.82. The Morgan fingerprint density at radius 3 is 2.24 bits per heavy atom. The molecule has 1 aliphatic rings. The number of aromatic carboxylic acids is 1. The van der Waals surface area contributed by atoms with E-state index < -0.39 is 11.4 Å². The summed E-state index contributed by atoms with van der Waals surface area (Å²) in [7, 11) is 1.41. The number of ether oxygens (including phenoxy) is 1. The number of methoxy groups -OCH3 is 1. The fourth-order valence-corrected chi connectivity index (χ4v) is 3.22. The molecule has 0 unspecified atom stereocenters. The van der Waals surface area contributed by atoms with Crippen molar-refractivity contribution in [2.45, 2.75) is 32.1 Å². The van der Waals surface area contributed by atoms with E-state index in [0.29, 0.717) is 5.69 Å². The van der Waals surface area contributed by atoms with Crippen LogP contribution in [0.2, 0.25) is 0 Å². The predicted octanol–water partition coefficient (Wildman–Crippen LogP) is 3.68.